The SMILES string of the molecule is COC(=O)C(CN(C)Cc1ccsc1)NC(C)=O. The summed E-state index contributed by atoms with van der Waals surface area (Å²) in [4.78, 5) is 24.5. The average molecular weight is 270 g/mol. The number of amides is 1. The minimum Gasteiger partial charge on any atom is -0.467 e. The maximum Gasteiger partial charge on any atom is 0.329 e. The Balaban J connectivity index is 2.53. The van der Waals surface area contributed by atoms with Gasteiger partial charge in [-0.15, -0.1) is 0 Å². The molecule has 100 valence electrons. The van der Waals surface area contributed by atoms with Gasteiger partial charge in [-0.3, -0.25) is 9.69 Å². The first kappa shape index (κ1) is 14.7. The lowest BCUT2D eigenvalue weighted by atomic mass is 10.2. The summed E-state index contributed by atoms with van der Waals surface area (Å²) >= 11 is 1.63. The van der Waals surface area contributed by atoms with Crippen LogP contribution in [0.3, 0.4) is 0 Å². The maximum atomic E-state index is 11.5. The third kappa shape index (κ3) is 4.85. The zero-order chi connectivity index (χ0) is 13.5. The summed E-state index contributed by atoms with van der Waals surface area (Å²) in [5, 5.41) is 6.65. The van der Waals surface area contributed by atoms with Gasteiger partial charge in [0.2, 0.25) is 5.91 Å². The van der Waals surface area contributed by atoms with Crippen LogP contribution in [-0.4, -0.2) is 43.5 Å². The molecule has 0 aromatic carbocycles. The highest BCUT2D eigenvalue weighted by Crippen LogP contribution is 2.08. The number of hydrogen-bond acceptors (Lipinski definition) is 5. The molecule has 0 aliphatic heterocycles. The van der Waals surface area contributed by atoms with E-state index in [1.165, 1.54) is 19.6 Å². The Morgan fingerprint density at radius 1 is 1.56 bits per heavy atom. The third-order valence-electron chi connectivity index (χ3n) is 2.39. The van der Waals surface area contributed by atoms with Crippen LogP contribution in [0.1, 0.15) is 12.5 Å². The van der Waals surface area contributed by atoms with Crippen molar-refractivity contribution in [2.75, 3.05) is 20.7 Å². The Kier molecular flexibility index (Phi) is 5.80. The van der Waals surface area contributed by atoms with Gasteiger partial charge in [-0.2, -0.15) is 11.3 Å². The summed E-state index contributed by atoms with van der Waals surface area (Å²) in [6.45, 7) is 2.54. The lowest BCUT2D eigenvalue weighted by molar-refractivity contribution is -0.145. The quantitative estimate of drug-likeness (QED) is 0.779. The first-order valence-corrected chi connectivity index (χ1v) is 6.51. The molecule has 0 aliphatic carbocycles. The maximum absolute atomic E-state index is 11.5. The van der Waals surface area contributed by atoms with E-state index in [2.05, 4.69) is 15.4 Å². The zero-order valence-electron chi connectivity index (χ0n) is 10.8. The molecule has 1 N–H and O–H groups in total. The van der Waals surface area contributed by atoms with Gasteiger partial charge in [0, 0.05) is 20.0 Å². The van der Waals surface area contributed by atoms with E-state index < -0.39 is 12.0 Å². The molecule has 1 amide bonds. The number of thiophene rings is 1. The molecule has 0 saturated carbocycles. The van der Waals surface area contributed by atoms with Gasteiger partial charge < -0.3 is 10.1 Å². The Morgan fingerprint density at radius 2 is 2.28 bits per heavy atom. The van der Waals surface area contributed by atoms with E-state index in [0.717, 1.165) is 6.54 Å². The third-order valence-corrected chi connectivity index (χ3v) is 3.12. The first-order valence-electron chi connectivity index (χ1n) is 5.57. The summed E-state index contributed by atoms with van der Waals surface area (Å²) < 4.78 is 4.67. The van der Waals surface area contributed by atoms with Gasteiger partial charge in [-0.25, -0.2) is 4.79 Å². The molecule has 1 aromatic heterocycles. The average Bonchev–Trinajstić information content (AvgIpc) is 2.79. The van der Waals surface area contributed by atoms with Gasteiger partial charge in [0.15, 0.2) is 0 Å². The summed E-state index contributed by atoms with van der Waals surface area (Å²) in [6, 6.07) is 1.41. The molecule has 1 unspecified atom stereocenters. The van der Waals surface area contributed by atoms with Gasteiger partial charge in [-0.05, 0) is 29.4 Å². The van der Waals surface area contributed by atoms with Crippen LogP contribution in [-0.2, 0) is 20.9 Å². The molecule has 6 heteroatoms. The lowest BCUT2D eigenvalue weighted by Crippen LogP contribution is -2.47. The fourth-order valence-electron chi connectivity index (χ4n) is 1.64. The van der Waals surface area contributed by atoms with Gasteiger partial charge in [-0.1, -0.05) is 0 Å². The summed E-state index contributed by atoms with van der Waals surface area (Å²) in [6.07, 6.45) is 0. The van der Waals surface area contributed by atoms with Crippen molar-refractivity contribution in [1.29, 1.82) is 0 Å². The number of nitrogens with one attached hydrogen (secondary N) is 1. The molecular formula is C12H18N2O3S. The number of nitrogens with zero attached hydrogens (tertiary/aromatic N) is 1. The number of methoxy groups -OCH3 is 1. The molecular weight excluding hydrogens is 252 g/mol. The van der Waals surface area contributed by atoms with Crippen molar-refractivity contribution in [2.45, 2.75) is 19.5 Å². The number of likely N-dealkylation sites (N-methyl/N-ethyl adjacent to an activating group) is 1. The van der Waals surface area contributed by atoms with E-state index in [1.807, 2.05) is 23.4 Å². The first-order chi connectivity index (χ1) is 8.52. The fraction of sp³-hybridized carbons (Fsp3) is 0.500. The molecule has 0 fully saturated rings. The van der Waals surface area contributed by atoms with Crippen molar-refractivity contribution in [1.82, 2.24) is 10.2 Å². The minimum atomic E-state index is -0.629. The van der Waals surface area contributed by atoms with E-state index in [9.17, 15) is 9.59 Å². The second-order valence-corrected chi connectivity index (χ2v) is 4.88. The van der Waals surface area contributed by atoms with Gasteiger partial charge in [0.1, 0.15) is 6.04 Å². The Bertz CT molecular complexity index is 392. The van der Waals surface area contributed by atoms with E-state index in [-0.39, 0.29) is 5.91 Å². The van der Waals surface area contributed by atoms with E-state index in [4.69, 9.17) is 0 Å². The molecule has 0 aliphatic rings. The highest BCUT2D eigenvalue weighted by atomic mass is 32.1. The molecule has 0 spiro atoms. The van der Waals surface area contributed by atoms with Crippen molar-refractivity contribution in [3.8, 4) is 0 Å². The van der Waals surface area contributed by atoms with Gasteiger partial charge >= 0.3 is 5.97 Å². The van der Waals surface area contributed by atoms with Crippen LogP contribution < -0.4 is 5.32 Å². The second-order valence-electron chi connectivity index (χ2n) is 4.10. The largest absolute Gasteiger partial charge is 0.467 e. The Hall–Kier alpha value is -1.40. The number of esters is 1. The number of rotatable bonds is 6. The number of carbonyl (C=O) groups excluding carboxylic acids is 2. The molecule has 0 radical (unpaired) electrons. The standard InChI is InChI=1S/C12H18N2O3S/c1-9(15)13-11(12(16)17-3)7-14(2)6-10-4-5-18-8-10/h4-5,8,11H,6-7H2,1-3H3,(H,13,15). The van der Waals surface area contributed by atoms with Crippen molar-refractivity contribution in [3.05, 3.63) is 22.4 Å². The smallest absolute Gasteiger partial charge is 0.329 e. The molecule has 1 heterocycles. The zero-order valence-corrected chi connectivity index (χ0v) is 11.6. The molecule has 1 atom stereocenters. The summed E-state index contributed by atoms with van der Waals surface area (Å²) in [7, 11) is 3.21. The topological polar surface area (TPSA) is 58.6 Å². The Labute approximate surface area is 111 Å². The number of hydrogen-bond donors (Lipinski definition) is 1. The number of ether oxygens (including phenoxy) is 1. The minimum absolute atomic E-state index is 0.241. The molecule has 0 bridgehead atoms. The van der Waals surface area contributed by atoms with E-state index in [0.29, 0.717) is 6.54 Å². The van der Waals surface area contributed by atoms with Crippen LogP contribution in [0.2, 0.25) is 0 Å². The van der Waals surface area contributed by atoms with Gasteiger partial charge in [0.05, 0.1) is 7.11 Å². The molecule has 0 saturated heterocycles. The molecule has 1 aromatic rings. The molecule has 18 heavy (non-hydrogen) atoms. The van der Waals surface area contributed by atoms with Crippen molar-refractivity contribution < 1.29 is 14.3 Å². The highest BCUT2D eigenvalue weighted by Gasteiger charge is 2.21. The normalized spacial score (nSPS) is 12.2. The second kappa shape index (κ2) is 7.13. The lowest BCUT2D eigenvalue weighted by Gasteiger charge is -2.22. The van der Waals surface area contributed by atoms with E-state index >= 15 is 0 Å². The van der Waals surface area contributed by atoms with E-state index in [1.54, 1.807) is 11.3 Å². The Morgan fingerprint density at radius 3 is 2.78 bits per heavy atom. The van der Waals surface area contributed by atoms with Crippen LogP contribution in [0.5, 0.6) is 0 Å². The van der Waals surface area contributed by atoms with Crippen LogP contribution in [0.4, 0.5) is 0 Å². The fourth-order valence-corrected chi connectivity index (χ4v) is 2.30. The highest BCUT2D eigenvalue weighted by molar-refractivity contribution is 7.07. The molecule has 5 nitrogen and oxygen atoms in total. The van der Waals surface area contributed by atoms with Gasteiger partial charge in [0.25, 0.3) is 0 Å². The van der Waals surface area contributed by atoms with Crippen LogP contribution >= 0.6 is 11.3 Å². The predicted octanol–water partition coefficient (Wildman–Crippen LogP) is 0.858. The monoisotopic (exact) mass is 270 g/mol. The van der Waals surface area contributed by atoms with Crippen molar-refractivity contribution >= 4 is 23.2 Å². The van der Waals surface area contributed by atoms with Crippen LogP contribution in [0.15, 0.2) is 16.8 Å². The van der Waals surface area contributed by atoms with Crippen molar-refractivity contribution in [3.63, 3.8) is 0 Å². The predicted molar refractivity (Wildman–Crippen MR) is 70.3 cm³/mol. The summed E-state index contributed by atoms with van der Waals surface area (Å²) in [5.41, 5.74) is 1.19. The number of carbonyl (C=O) groups is 2. The molecule has 1 rings (SSSR count). The van der Waals surface area contributed by atoms with Crippen molar-refractivity contribution in [2.24, 2.45) is 0 Å². The summed E-state index contributed by atoms with van der Waals surface area (Å²) in [5.74, 6) is -0.670. The van der Waals surface area contributed by atoms with Crippen LogP contribution in [0, 0.1) is 0 Å². The van der Waals surface area contributed by atoms with Crippen LogP contribution in [0.25, 0.3) is 0 Å².